The molecule has 0 saturated carbocycles. The van der Waals surface area contributed by atoms with Gasteiger partial charge < -0.3 is 14.8 Å². The Kier molecular flexibility index (Phi) is 9.17. The van der Waals surface area contributed by atoms with E-state index in [2.05, 4.69) is 47.2 Å². The Balaban J connectivity index is 1.63. The number of aryl methyl sites for hydroxylation is 1. The van der Waals surface area contributed by atoms with Crippen LogP contribution in [-0.2, 0) is 6.42 Å². The van der Waals surface area contributed by atoms with Crippen LogP contribution in [0.1, 0.15) is 42.6 Å². The first kappa shape index (κ1) is 23.9. The van der Waals surface area contributed by atoms with Crippen molar-refractivity contribution < 1.29 is 14.3 Å². The number of para-hydroxylation sites is 2. The lowest BCUT2D eigenvalue weighted by Crippen LogP contribution is -2.15. The fraction of sp³-hybridized carbons (Fsp3) is 0.296. The van der Waals surface area contributed by atoms with Crippen LogP contribution >= 0.6 is 15.9 Å². The van der Waals surface area contributed by atoms with E-state index in [0.29, 0.717) is 41.9 Å². The van der Waals surface area contributed by atoms with Crippen molar-refractivity contribution >= 4 is 27.5 Å². The lowest BCUT2D eigenvalue weighted by atomic mass is 10.1. The smallest absolute Gasteiger partial charge is 0.259 e. The van der Waals surface area contributed by atoms with E-state index in [-0.39, 0.29) is 5.91 Å². The van der Waals surface area contributed by atoms with Gasteiger partial charge in [0.2, 0.25) is 0 Å². The van der Waals surface area contributed by atoms with E-state index < -0.39 is 0 Å². The van der Waals surface area contributed by atoms with Crippen LogP contribution in [0.25, 0.3) is 0 Å². The van der Waals surface area contributed by atoms with Crippen molar-refractivity contribution in [2.45, 2.75) is 33.1 Å². The number of ether oxygens (including phenoxy) is 2. The molecule has 0 saturated heterocycles. The first-order valence-corrected chi connectivity index (χ1v) is 11.8. The number of benzene rings is 3. The molecule has 3 aromatic rings. The number of rotatable bonds is 11. The third kappa shape index (κ3) is 7.41. The summed E-state index contributed by atoms with van der Waals surface area (Å²) in [5, 5.41) is 2.99. The molecule has 3 aromatic carbocycles. The second-order valence-electron chi connectivity index (χ2n) is 8.06. The van der Waals surface area contributed by atoms with Crippen LogP contribution in [0.2, 0.25) is 0 Å². The molecule has 0 aliphatic rings. The Morgan fingerprint density at radius 3 is 2.41 bits per heavy atom. The van der Waals surface area contributed by atoms with Gasteiger partial charge in [0, 0.05) is 4.47 Å². The molecule has 4 nitrogen and oxygen atoms in total. The Morgan fingerprint density at radius 2 is 1.62 bits per heavy atom. The maximum atomic E-state index is 13.1. The highest BCUT2D eigenvalue weighted by molar-refractivity contribution is 9.10. The van der Waals surface area contributed by atoms with Gasteiger partial charge in [-0.2, -0.15) is 0 Å². The molecule has 0 unspecified atom stereocenters. The summed E-state index contributed by atoms with van der Waals surface area (Å²) in [4.78, 5) is 13.1. The van der Waals surface area contributed by atoms with Gasteiger partial charge in [0.25, 0.3) is 5.91 Å². The van der Waals surface area contributed by atoms with Crippen molar-refractivity contribution in [2.24, 2.45) is 5.92 Å². The lowest BCUT2D eigenvalue weighted by molar-refractivity contribution is 0.102. The first-order chi connectivity index (χ1) is 15.5. The van der Waals surface area contributed by atoms with E-state index in [9.17, 15) is 4.79 Å². The SMILES string of the molecule is CC(C)CCOc1ccc(Br)cc1C(=O)Nc1ccccc1OCCCc1ccccc1. The van der Waals surface area contributed by atoms with Crippen molar-refractivity contribution in [1.82, 2.24) is 0 Å². The molecule has 3 rings (SSSR count). The van der Waals surface area contributed by atoms with Crippen LogP contribution in [0.5, 0.6) is 11.5 Å². The van der Waals surface area contributed by atoms with Gasteiger partial charge in [0.15, 0.2) is 0 Å². The molecule has 168 valence electrons. The zero-order chi connectivity index (χ0) is 22.8. The van der Waals surface area contributed by atoms with Crippen molar-refractivity contribution in [3.8, 4) is 11.5 Å². The molecule has 0 spiro atoms. The van der Waals surface area contributed by atoms with Gasteiger partial charge in [-0.15, -0.1) is 0 Å². The fourth-order valence-corrected chi connectivity index (χ4v) is 3.56. The van der Waals surface area contributed by atoms with E-state index in [1.54, 1.807) is 6.07 Å². The number of anilines is 1. The van der Waals surface area contributed by atoms with Crippen LogP contribution in [0, 0.1) is 5.92 Å². The van der Waals surface area contributed by atoms with Crippen molar-refractivity contribution in [3.05, 3.63) is 88.4 Å². The van der Waals surface area contributed by atoms with Gasteiger partial charge in [-0.05, 0) is 61.1 Å². The van der Waals surface area contributed by atoms with Gasteiger partial charge in [-0.25, -0.2) is 0 Å². The maximum Gasteiger partial charge on any atom is 0.259 e. The Morgan fingerprint density at radius 1 is 0.906 bits per heavy atom. The number of hydrogen-bond donors (Lipinski definition) is 1. The highest BCUT2D eigenvalue weighted by atomic mass is 79.9. The van der Waals surface area contributed by atoms with Crippen LogP contribution in [-0.4, -0.2) is 19.1 Å². The monoisotopic (exact) mass is 495 g/mol. The van der Waals surface area contributed by atoms with Gasteiger partial charge in [-0.1, -0.05) is 72.2 Å². The molecule has 0 aliphatic carbocycles. The molecule has 0 fully saturated rings. The number of carbonyl (C=O) groups is 1. The molecule has 1 amide bonds. The number of amides is 1. The summed E-state index contributed by atoms with van der Waals surface area (Å²) in [5.74, 6) is 1.54. The van der Waals surface area contributed by atoms with Gasteiger partial charge >= 0.3 is 0 Å². The molecule has 5 heteroatoms. The number of halogens is 1. The highest BCUT2D eigenvalue weighted by Gasteiger charge is 2.16. The van der Waals surface area contributed by atoms with Crippen LogP contribution in [0.3, 0.4) is 0 Å². The topological polar surface area (TPSA) is 47.6 Å². The molecule has 0 aromatic heterocycles. The van der Waals surface area contributed by atoms with Crippen molar-refractivity contribution in [2.75, 3.05) is 18.5 Å². The van der Waals surface area contributed by atoms with Gasteiger partial charge in [0.05, 0.1) is 24.5 Å². The molecule has 1 N–H and O–H groups in total. The van der Waals surface area contributed by atoms with Gasteiger partial charge in [-0.3, -0.25) is 4.79 Å². The second kappa shape index (κ2) is 12.3. The fourth-order valence-electron chi connectivity index (χ4n) is 3.20. The standard InChI is InChI=1S/C27H30BrNO3/c1-20(2)16-18-32-25-15-14-22(28)19-23(25)27(30)29-24-12-6-7-13-26(24)31-17-8-11-21-9-4-3-5-10-21/h3-7,9-10,12-15,19-20H,8,11,16-18H2,1-2H3,(H,29,30). The molecule has 0 heterocycles. The average Bonchev–Trinajstić information content (AvgIpc) is 2.79. The quantitative estimate of drug-likeness (QED) is 0.287. The number of carbonyl (C=O) groups excluding carboxylic acids is 1. The first-order valence-electron chi connectivity index (χ1n) is 11.0. The second-order valence-corrected chi connectivity index (χ2v) is 8.98. The highest BCUT2D eigenvalue weighted by Crippen LogP contribution is 2.28. The van der Waals surface area contributed by atoms with Crippen molar-refractivity contribution in [3.63, 3.8) is 0 Å². The predicted molar refractivity (Wildman–Crippen MR) is 134 cm³/mol. The van der Waals surface area contributed by atoms with Crippen LogP contribution in [0.15, 0.2) is 77.3 Å². The molecule has 0 aliphatic heterocycles. The molecular formula is C27H30BrNO3. The normalized spacial score (nSPS) is 10.8. The minimum absolute atomic E-state index is 0.230. The van der Waals surface area contributed by atoms with E-state index in [1.165, 1.54) is 5.56 Å². The zero-order valence-electron chi connectivity index (χ0n) is 18.6. The van der Waals surface area contributed by atoms with E-state index in [1.807, 2.05) is 54.6 Å². The summed E-state index contributed by atoms with van der Waals surface area (Å²) in [6.45, 7) is 5.44. The van der Waals surface area contributed by atoms with E-state index in [4.69, 9.17) is 9.47 Å². The third-order valence-electron chi connectivity index (χ3n) is 4.98. The predicted octanol–water partition coefficient (Wildman–Crippen LogP) is 7.14. The summed E-state index contributed by atoms with van der Waals surface area (Å²) < 4.78 is 12.7. The molecule has 0 radical (unpaired) electrons. The maximum absolute atomic E-state index is 13.1. The molecule has 0 bridgehead atoms. The van der Waals surface area contributed by atoms with Crippen molar-refractivity contribution in [1.29, 1.82) is 0 Å². The largest absolute Gasteiger partial charge is 0.493 e. The Hall–Kier alpha value is -2.79. The lowest BCUT2D eigenvalue weighted by Gasteiger charge is -2.15. The Labute approximate surface area is 199 Å². The molecule has 32 heavy (non-hydrogen) atoms. The summed E-state index contributed by atoms with van der Waals surface area (Å²) in [6, 6.07) is 23.3. The molecular weight excluding hydrogens is 466 g/mol. The molecule has 0 atom stereocenters. The summed E-state index contributed by atoms with van der Waals surface area (Å²) in [5.41, 5.74) is 2.42. The third-order valence-corrected chi connectivity index (χ3v) is 5.48. The van der Waals surface area contributed by atoms with Crippen LogP contribution < -0.4 is 14.8 Å². The minimum Gasteiger partial charge on any atom is -0.493 e. The summed E-state index contributed by atoms with van der Waals surface area (Å²) >= 11 is 3.46. The van der Waals surface area contributed by atoms with E-state index in [0.717, 1.165) is 23.7 Å². The Bertz CT molecular complexity index is 1000. The van der Waals surface area contributed by atoms with E-state index >= 15 is 0 Å². The summed E-state index contributed by atoms with van der Waals surface area (Å²) in [7, 11) is 0. The minimum atomic E-state index is -0.230. The van der Waals surface area contributed by atoms with Gasteiger partial charge in [0.1, 0.15) is 11.5 Å². The zero-order valence-corrected chi connectivity index (χ0v) is 20.2. The average molecular weight is 496 g/mol. The number of nitrogens with one attached hydrogen (secondary N) is 1. The summed E-state index contributed by atoms with van der Waals surface area (Å²) in [6.07, 6.45) is 2.77. The van der Waals surface area contributed by atoms with Crippen LogP contribution in [0.4, 0.5) is 5.69 Å². The number of hydrogen-bond acceptors (Lipinski definition) is 3.